The van der Waals surface area contributed by atoms with Crippen molar-refractivity contribution in [1.29, 1.82) is 0 Å². The molecule has 1 aromatic heterocycles. The number of carbonyl (C=O) groups excluding carboxylic acids is 2. The van der Waals surface area contributed by atoms with E-state index in [0.717, 1.165) is 30.0 Å². The fourth-order valence-corrected chi connectivity index (χ4v) is 3.71. The van der Waals surface area contributed by atoms with Crippen LogP contribution in [-0.4, -0.2) is 29.9 Å². The van der Waals surface area contributed by atoms with Gasteiger partial charge in [0, 0.05) is 35.9 Å². The van der Waals surface area contributed by atoms with Crippen molar-refractivity contribution >= 4 is 28.3 Å². The highest BCUT2D eigenvalue weighted by molar-refractivity contribution is 7.14. The van der Waals surface area contributed by atoms with Crippen molar-refractivity contribution < 1.29 is 14.3 Å². The maximum absolute atomic E-state index is 12.1. The number of hydrogen-bond acceptors (Lipinski definition) is 5. The second-order valence-electron chi connectivity index (χ2n) is 6.38. The second kappa shape index (κ2) is 8.22. The van der Waals surface area contributed by atoms with E-state index in [1.807, 2.05) is 23.6 Å². The van der Waals surface area contributed by atoms with Crippen LogP contribution in [0.15, 0.2) is 53.9 Å². The molecule has 0 fully saturated rings. The summed E-state index contributed by atoms with van der Waals surface area (Å²) >= 11 is 1.38. The van der Waals surface area contributed by atoms with Gasteiger partial charge in [0.05, 0.1) is 12.3 Å². The molecule has 0 saturated heterocycles. The maximum atomic E-state index is 12.1. The molecule has 0 aliphatic carbocycles. The highest BCUT2D eigenvalue weighted by Gasteiger charge is 2.14. The molecule has 0 saturated carbocycles. The molecule has 0 atom stereocenters. The van der Waals surface area contributed by atoms with Gasteiger partial charge in [-0.25, -0.2) is 4.98 Å². The van der Waals surface area contributed by atoms with Gasteiger partial charge in [0.15, 0.2) is 5.13 Å². The predicted molar refractivity (Wildman–Crippen MR) is 109 cm³/mol. The summed E-state index contributed by atoms with van der Waals surface area (Å²) < 4.78 is 5.52. The van der Waals surface area contributed by atoms with Crippen LogP contribution < -0.4 is 15.4 Å². The quantitative estimate of drug-likeness (QED) is 0.672. The third-order valence-corrected chi connectivity index (χ3v) is 5.17. The summed E-state index contributed by atoms with van der Waals surface area (Å²) in [7, 11) is 0. The first-order valence-corrected chi connectivity index (χ1v) is 9.92. The summed E-state index contributed by atoms with van der Waals surface area (Å²) in [5, 5.41) is 8.00. The minimum Gasteiger partial charge on any atom is -0.493 e. The zero-order valence-electron chi connectivity index (χ0n) is 15.1. The lowest BCUT2D eigenvalue weighted by Crippen LogP contribution is -2.27. The van der Waals surface area contributed by atoms with E-state index < -0.39 is 0 Å². The number of anilines is 1. The molecule has 2 N–H and O–H groups in total. The van der Waals surface area contributed by atoms with E-state index in [2.05, 4.69) is 21.7 Å². The number of fused-ring (bicyclic) bond motifs is 1. The van der Waals surface area contributed by atoms with Gasteiger partial charge >= 0.3 is 0 Å². The molecule has 142 valence electrons. The number of hydrogen-bond donors (Lipinski definition) is 2. The Kier molecular flexibility index (Phi) is 5.34. The van der Waals surface area contributed by atoms with E-state index in [1.54, 1.807) is 24.3 Å². The van der Waals surface area contributed by atoms with Crippen molar-refractivity contribution in [2.75, 3.05) is 18.5 Å². The number of nitrogens with one attached hydrogen (secondary N) is 2. The first kappa shape index (κ1) is 18.2. The third kappa shape index (κ3) is 4.20. The largest absolute Gasteiger partial charge is 0.493 e. The molecular formula is C21H19N3O3S. The summed E-state index contributed by atoms with van der Waals surface area (Å²) in [6, 6.07) is 14.9. The summed E-state index contributed by atoms with van der Waals surface area (Å²) in [6.07, 6.45) is 1.09. The topological polar surface area (TPSA) is 80.3 Å². The molecule has 1 aliphatic rings. The van der Waals surface area contributed by atoms with E-state index in [-0.39, 0.29) is 24.8 Å². The Balaban J connectivity index is 1.29. The summed E-state index contributed by atoms with van der Waals surface area (Å²) in [5.74, 6) is 0.562. The van der Waals surface area contributed by atoms with Crippen LogP contribution in [-0.2, 0) is 11.2 Å². The van der Waals surface area contributed by atoms with Crippen LogP contribution in [0.2, 0.25) is 0 Å². The molecule has 0 radical (unpaired) electrons. The molecule has 3 aromatic rings. The fourth-order valence-electron chi connectivity index (χ4n) is 2.97. The van der Waals surface area contributed by atoms with Crippen molar-refractivity contribution in [1.82, 2.24) is 10.3 Å². The summed E-state index contributed by atoms with van der Waals surface area (Å²) in [6.45, 7) is 0.987. The van der Waals surface area contributed by atoms with Crippen LogP contribution >= 0.6 is 11.3 Å². The van der Waals surface area contributed by atoms with Crippen molar-refractivity contribution in [2.24, 2.45) is 0 Å². The van der Waals surface area contributed by atoms with Crippen LogP contribution in [0.25, 0.3) is 11.3 Å². The first-order valence-electron chi connectivity index (χ1n) is 9.04. The average Bonchev–Trinajstić information content (AvgIpc) is 3.37. The van der Waals surface area contributed by atoms with Gasteiger partial charge in [0.25, 0.3) is 5.91 Å². The Morgan fingerprint density at radius 2 is 2.00 bits per heavy atom. The van der Waals surface area contributed by atoms with Gasteiger partial charge in [-0.1, -0.05) is 18.2 Å². The van der Waals surface area contributed by atoms with Crippen molar-refractivity contribution in [2.45, 2.75) is 12.8 Å². The number of carbonyl (C=O) groups is 2. The van der Waals surface area contributed by atoms with E-state index in [0.29, 0.717) is 10.7 Å². The number of nitrogens with zero attached hydrogens (tertiary/aromatic N) is 1. The molecule has 4 rings (SSSR count). The van der Waals surface area contributed by atoms with Crippen molar-refractivity contribution in [3.05, 3.63) is 65.0 Å². The first-order chi connectivity index (χ1) is 13.7. The molecule has 2 heterocycles. The van der Waals surface area contributed by atoms with Gasteiger partial charge in [-0.3, -0.25) is 9.59 Å². The van der Waals surface area contributed by atoms with E-state index in [9.17, 15) is 9.59 Å². The molecule has 0 unspecified atom stereocenters. The Morgan fingerprint density at radius 3 is 2.86 bits per heavy atom. The predicted octanol–water partition coefficient (Wildman–Crippen LogP) is 3.50. The summed E-state index contributed by atoms with van der Waals surface area (Å²) in [4.78, 5) is 28.6. The Labute approximate surface area is 166 Å². The zero-order chi connectivity index (χ0) is 19.3. The molecule has 0 bridgehead atoms. The number of thiazole rings is 1. The van der Waals surface area contributed by atoms with Crippen LogP contribution in [0.1, 0.15) is 22.3 Å². The lowest BCUT2D eigenvalue weighted by Gasteiger charge is -2.05. The lowest BCUT2D eigenvalue weighted by atomic mass is 10.1. The Hall–Kier alpha value is -3.19. The van der Waals surface area contributed by atoms with E-state index >= 15 is 0 Å². The van der Waals surface area contributed by atoms with Crippen LogP contribution in [0.4, 0.5) is 5.13 Å². The Bertz CT molecular complexity index is 1000. The Morgan fingerprint density at radius 1 is 1.14 bits per heavy atom. The molecule has 6 nitrogen and oxygen atoms in total. The normalized spacial score (nSPS) is 12.1. The highest BCUT2D eigenvalue weighted by atomic mass is 32.1. The standard InChI is InChI=1S/C21H19N3O3S/c25-19(8-10-22-20(26)14-4-2-1-3-5-14)24-21-23-17(13-28-21)15-6-7-18-16(12-15)9-11-27-18/h1-7,12-13H,8-11H2,(H,22,26)(H,23,24,25). The van der Waals surface area contributed by atoms with Gasteiger partial charge in [-0.15, -0.1) is 11.3 Å². The molecule has 1 aliphatic heterocycles. The second-order valence-corrected chi connectivity index (χ2v) is 7.24. The van der Waals surface area contributed by atoms with Gasteiger partial charge in [-0.05, 0) is 35.9 Å². The smallest absolute Gasteiger partial charge is 0.251 e. The number of rotatable bonds is 6. The highest BCUT2D eigenvalue weighted by Crippen LogP contribution is 2.31. The SMILES string of the molecule is O=C(CCNC(=O)c1ccccc1)Nc1nc(-c2ccc3c(c2)CCO3)cs1. The van der Waals surface area contributed by atoms with E-state index in [4.69, 9.17) is 4.74 Å². The molecular weight excluding hydrogens is 374 g/mol. The minimum absolute atomic E-state index is 0.184. The monoisotopic (exact) mass is 393 g/mol. The summed E-state index contributed by atoms with van der Waals surface area (Å²) in [5.41, 5.74) is 3.60. The van der Waals surface area contributed by atoms with Crippen LogP contribution in [0, 0.1) is 0 Å². The minimum atomic E-state index is -0.189. The van der Waals surface area contributed by atoms with Crippen LogP contribution in [0.3, 0.4) is 0 Å². The van der Waals surface area contributed by atoms with Gasteiger partial charge in [0.2, 0.25) is 5.91 Å². The lowest BCUT2D eigenvalue weighted by molar-refractivity contribution is -0.116. The average molecular weight is 393 g/mol. The van der Waals surface area contributed by atoms with Crippen LogP contribution in [0.5, 0.6) is 5.75 Å². The van der Waals surface area contributed by atoms with Gasteiger partial charge < -0.3 is 15.4 Å². The number of benzene rings is 2. The van der Waals surface area contributed by atoms with E-state index in [1.165, 1.54) is 16.9 Å². The van der Waals surface area contributed by atoms with Gasteiger partial charge in [0.1, 0.15) is 5.75 Å². The molecule has 2 amide bonds. The number of ether oxygens (including phenoxy) is 1. The molecule has 7 heteroatoms. The fraction of sp³-hybridized carbons (Fsp3) is 0.190. The zero-order valence-corrected chi connectivity index (χ0v) is 15.9. The molecule has 28 heavy (non-hydrogen) atoms. The number of aromatic nitrogens is 1. The van der Waals surface area contributed by atoms with Crippen molar-refractivity contribution in [3.63, 3.8) is 0 Å². The van der Waals surface area contributed by atoms with Gasteiger partial charge in [-0.2, -0.15) is 0 Å². The number of amides is 2. The van der Waals surface area contributed by atoms with Crippen molar-refractivity contribution in [3.8, 4) is 17.0 Å². The third-order valence-electron chi connectivity index (χ3n) is 4.41. The molecule has 0 spiro atoms. The maximum Gasteiger partial charge on any atom is 0.251 e. The molecule has 2 aromatic carbocycles.